The van der Waals surface area contributed by atoms with Gasteiger partial charge in [0.2, 0.25) is 0 Å². The number of nitrogens with two attached hydrogens (primary N) is 1. The molecule has 1 aromatic carbocycles. The third kappa shape index (κ3) is 1.37. The van der Waals surface area contributed by atoms with Crippen LogP contribution in [-0.2, 0) is 0 Å². The van der Waals surface area contributed by atoms with Gasteiger partial charge in [-0.25, -0.2) is 0 Å². The maximum atomic E-state index is 5.71. The van der Waals surface area contributed by atoms with E-state index in [1.165, 1.54) is 0 Å². The van der Waals surface area contributed by atoms with Gasteiger partial charge in [0.05, 0.1) is 5.69 Å². The Hall–Kier alpha value is -1.57. The second-order valence-electron chi connectivity index (χ2n) is 2.63. The van der Waals surface area contributed by atoms with Gasteiger partial charge in [-0.2, -0.15) is 0 Å². The maximum absolute atomic E-state index is 5.71. The van der Waals surface area contributed by atoms with E-state index in [0.717, 1.165) is 22.5 Å². The van der Waals surface area contributed by atoms with Crippen molar-refractivity contribution in [2.24, 2.45) is 4.99 Å². The normalized spacial score (nSPS) is 9.42. The molecule has 0 aliphatic heterocycles. The van der Waals surface area contributed by atoms with Gasteiger partial charge in [0.15, 0.2) is 0 Å². The van der Waals surface area contributed by atoms with Crippen molar-refractivity contribution in [3.05, 3.63) is 29.8 Å². The fourth-order valence-electron chi connectivity index (χ4n) is 1.03. The van der Waals surface area contributed by atoms with Crippen LogP contribution in [0, 0.1) is 6.92 Å². The Morgan fingerprint density at radius 2 is 2.17 bits per heavy atom. The van der Waals surface area contributed by atoms with Gasteiger partial charge < -0.3 is 5.73 Å². The summed E-state index contributed by atoms with van der Waals surface area (Å²) in [5, 5.41) is 0. The molecule has 0 spiro atoms. The van der Waals surface area contributed by atoms with Gasteiger partial charge >= 0.3 is 0 Å². The SMILES string of the molecule is C=Cc1cc(N)c(C)cc1N=C. The van der Waals surface area contributed by atoms with Crippen LogP contribution in [0.1, 0.15) is 11.1 Å². The molecule has 0 saturated carbocycles. The number of aliphatic imine (C=N–C) groups is 1. The summed E-state index contributed by atoms with van der Waals surface area (Å²) in [4.78, 5) is 3.87. The van der Waals surface area contributed by atoms with E-state index in [0.29, 0.717) is 0 Å². The van der Waals surface area contributed by atoms with E-state index >= 15 is 0 Å². The average Bonchev–Trinajstić information content (AvgIpc) is 2.09. The van der Waals surface area contributed by atoms with E-state index in [2.05, 4.69) is 18.3 Å². The molecule has 62 valence electrons. The first-order valence-corrected chi connectivity index (χ1v) is 3.68. The summed E-state index contributed by atoms with van der Waals surface area (Å²) in [5.74, 6) is 0. The molecule has 1 rings (SSSR count). The molecular formula is C10H12N2. The second-order valence-corrected chi connectivity index (χ2v) is 2.63. The first-order chi connectivity index (χ1) is 5.69. The minimum Gasteiger partial charge on any atom is -0.398 e. The molecular weight excluding hydrogens is 148 g/mol. The first-order valence-electron chi connectivity index (χ1n) is 3.68. The Morgan fingerprint density at radius 1 is 1.50 bits per heavy atom. The number of hydrogen-bond donors (Lipinski definition) is 1. The fraction of sp³-hybridized carbons (Fsp3) is 0.100. The van der Waals surface area contributed by atoms with Crippen molar-refractivity contribution < 1.29 is 0 Å². The van der Waals surface area contributed by atoms with E-state index in [1.54, 1.807) is 6.08 Å². The van der Waals surface area contributed by atoms with Crippen molar-refractivity contribution in [3.63, 3.8) is 0 Å². The maximum Gasteiger partial charge on any atom is 0.0698 e. The van der Waals surface area contributed by atoms with Gasteiger partial charge in [-0.3, -0.25) is 4.99 Å². The Kier molecular flexibility index (Phi) is 2.29. The Morgan fingerprint density at radius 3 is 2.67 bits per heavy atom. The van der Waals surface area contributed by atoms with Crippen LogP contribution in [-0.4, -0.2) is 6.72 Å². The summed E-state index contributed by atoms with van der Waals surface area (Å²) in [6.45, 7) is 9.08. The van der Waals surface area contributed by atoms with Gasteiger partial charge in [-0.1, -0.05) is 12.7 Å². The van der Waals surface area contributed by atoms with Crippen molar-refractivity contribution in [3.8, 4) is 0 Å². The third-order valence-corrected chi connectivity index (χ3v) is 1.81. The number of aryl methyl sites for hydroxylation is 1. The smallest absolute Gasteiger partial charge is 0.0698 e. The number of nitrogen functional groups attached to an aromatic ring is 1. The van der Waals surface area contributed by atoms with Crippen molar-refractivity contribution in [1.82, 2.24) is 0 Å². The van der Waals surface area contributed by atoms with E-state index in [4.69, 9.17) is 5.73 Å². The highest BCUT2D eigenvalue weighted by Gasteiger charge is 2.00. The summed E-state index contributed by atoms with van der Waals surface area (Å²) in [5.41, 5.74) is 9.24. The molecule has 0 saturated heterocycles. The van der Waals surface area contributed by atoms with Crippen LogP contribution in [0.25, 0.3) is 6.08 Å². The largest absolute Gasteiger partial charge is 0.398 e. The lowest BCUT2D eigenvalue weighted by Crippen LogP contribution is -1.90. The molecule has 2 N–H and O–H groups in total. The number of rotatable bonds is 2. The molecule has 0 atom stereocenters. The molecule has 0 aliphatic carbocycles. The minimum absolute atomic E-state index is 0.761. The molecule has 0 fully saturated rings. The van der Waals surface area contributed by atoms with E-state index in [1.807, 2.05) is 19.1 Å². The van der Waals surface area contributed by atoms with E-state index < -0.39 is 0 Å². The highest BCUT2D eigenvalue weighted by atomic mass is 14.7. The molecule has 0 aliphatic rings. The summed E-state index contributed by atoms with van der Waals surface area (Å²) in [6, 6.07) is 3.76. The van der Waals surface area contributed by atoms with Crippen LogP contribution >= 0.6 is 0 Å². The van der Waals surface area contributed by atoms with Crippen LogP contribution in [0.4, 0.5) is 11.4 Å². The van der Waals surface area contributed by atoms with E-state index in [9.17, 15) is 0 Å². The first kappa shape index (κ1) is 8.53. The van der Waals surface area contributed by atoms with Gasteiger partial charge in [0.25, 0.3) is 0 Å². The van der Waals surface area contributed by atoms with Crippen LogP contribution in [0.3, 0.4) is 0 Å². The quantitative estimate of drug-likeness (QED) is 0.524. The summed E-state index contributed by atoms with van der Waals surface area (Å²) >= 11 is 0. The van der Waals surface area contributed by atoms with Crippen LogP contribution in [0.15, 0.2) is 23.7 Å². The zero-order valence-electron chi connectivity index (χ0n) is 7.17. The molecule has 0 amide bonds. The molecule has 1 aromatic rings. The predicted molar refractivity (Wildman–Crippen MR) is 54.9 cm³/mol. The third-order valence-electron chi connectivity index (χ3n) is 1.81. The Balaban J connectivity index is 3.37. The van der Waals surface area contributed by atoms with Crippen LogP contribution in [0.5, 0.6) is 0 Å². The lowest BCUT2D eigenvalue weighted by atomic mass is 10.1. The monoisotopic (exact) mass is 160 g/mol. The Bertz CT molecular complexity index is 294. The number of nitrogens with zero attached hydrogens (tertiary/aromatic N) is 1. The van der Waals surface area contributed by atoms with Gasteiger partial charge in [-0.15, -0.1) is 0 Å². The van der Waals surface area contributed by atoms with Crippen LogP contribution < -0.4 is 5.73 Å². The zero-order valence-corrected chi connectivity index (χ0v) is 7.17. The molecule has 2 nitrogen and oxygen atoms in total. The van der Waals surface area contributed by atoms with Gasteiger partial charge in [-0.05, 0) is 31.3 Å². The topological polar surface area (TPSA) is 38.4 Å². The number of hydrogen-bond acceptors (Lipinski definition) is 2. The van der Waals surface area contributed by atoms with Gasteiger partial charge in [0.1, 0.15) is 0 Å². The van der Waals surface area contributed by atoms with Crippen molar-refractivity contribution in [2.45, 2.75) is 6.92 Å². The molecule has 0 bridgehead atoms. The second kappa shape index (κ2) is 3.22. The van der Waals surface area contributed by atoms with Crippen molar-refractivity contribution in [1.29, 1.82) is 0 Å². The lowest BCUT2D eigenvalue weighted by Gasteiger charge is -2.04. The summed E-state index contributed by atoms with van der Waals surface area (Å²) in [7, 11) is 0. The van der Waals surface area contributed by atoms with E-state index in [-0.39, 0.29) is 0 Å². The fourth-order valence-corrected chi connectivity index (χ4v) is 1.03. The minimum atomic E-state index is 0.761. The highest BCUT2D eigenvalue weighted by molar-refractivity contribution is 5.70. The van der Waals surface area contributed by atoms with Crippen molar-refractivity contribution >= 4 is 24.2 Å². The lowest BCUT2D eigenvalue weighted by molar-refractivity contribution is 1.42. The molecule has 2 heteroatoms. The molecule has 0 aromatic heterocycles. The number of benzene rings is 1. The summed E-state index contributed by atoms with van der Waals surface area (Å²) < 4.78 is 0. The standard InChI is InChI=1S/C10H12N2/c1-4-8-6-9(11)7(2)5-10(8)12-3/h4-6H,1,3,11H2,2H3. The molecule has 12 heavy (non-hydrogen) atoms. The summed E-state index contributed by atoms with van der Waals surface area (Å²) in [6.07, 6.45) is 1.72. The van der Waals surface area contributed by atoms with Crippen LogP contribution in [0.2, 0.25) is 0 Å². The zero-order chi connectivity index (χ0) is 9.14. The average molecular weight is 160 g/mol. The molecule has 0 radical (unpaired) electrons. The molecule has 0 heterocycles. The van der Waals surface area contributed by atoms with Crippen molar-refractivity contribution in [2.75, 3.05) is 5.73 Å². The number of anilines is 1. The van der Waals surface area contributed by atoms with Gasteiger partial charge in [0, 0.05) is 11.3 Å². The molecule has 0 unspecified atom stereocenters. The Labute approximate surface area is 72.4 Å². The highest BCUT2D eigenvalue weighted by Crippen LogP contribution is 2.25. The predicted octanol–water partition coefficient (Wildman–Crippen LogP) is 2.55.